The van der Waals surface area contributed by atoms with E-state index in [9.17, 15) is 0 Å². The number of hydrogen-bond acceptors (Lipinski definition) is 1. The Kier molecular flexibility index (Phi) is 7.18. The number of nitrogens with one attached hydrogen (secondary N) is 1. The molecular weight excluding hydrogens is 206 g/mol. The lowest BCUT2D eigenvalue weighted by atomic mass is 9.78. The van der Waals surface area contributed by atoms with E-state index < -0.39 is 0 Å². The Morgan fingerprint density at radius 2 is 1.88 bits per heavy atom. The fraction of sp³-hybridized carbons (Fsp3) is 1.00. The molecule has 17 heavy (non-hydrogen) atoms. The van der Waals surface area contributed by atoms with Crippen LogP contribution in [-0.4, -0.2) is 12.1 Å². The smallest absolute Gasteiger partial charge is 0.00977 e. The zero-order chi connectivity index (χ0) is 12.7. The van der Waals surface area contributed by atoms with Crippen molar-refractivity contribution in [3.8, 4) is 0 Å². The minimum atomic E-state index is 0.713. The van der Waals surface area contributed by atoms with E-state index in [2.05, 4.69) is 33.0 Å². The van der Waals surface area contributed by atoms with E-state index in [4.69, 9.17) is 0 Å². The van der Waals surface area contributed by atoms with E-state index in [0.717, 1.165) is 17.9 Å². The zero-order valence-corrected chi connectivity index (χ0v) is 12.5. The first-order chi connectivity index (χ1) is 8.15. The van der Waals surface area contributed by atoms with Gasteiger partial charge in [-0.2, -0.15) is 0 Å². The van der Waals surface area contributed by atoms with Crippen LogP contribution < -0.4 is 5.32 Å². The Balaban J connectivity index is 2.18. The molecule has 4 atom stereocenters. The van der Waals surface area contributed by atoms with Gasteiger partial charge in [0.1, 0.15) is 0 Å². The molecule has 0 saturated heterocycles. The van der Waals surface area contributed by atoms with Crippen molar-refractivity contribution in [1.29, 1.82) is 0 Å². The molecule has 0 radical (unpaired) electrons. The van der Waals surface area contributed by atoms with E-state index in [1.165, 1.54) is 51.4 Å². The van der Waals surface area contributed by atoms with Crippen molar-refractivity contribution in [3.05, 3.63) is 0 Å². The summed E-state index contributed by atoms with van der Waals surface area (Å²) in [6.45, 7) is 9.51. The quantitative estimate of drug-likeness (QED) is 0.632. The molecule has 0 aliphatic heterocycles. The molecule has 102 valence electrons. The molecule has 1 rings (SSSR count). The maximum atomic E-state index is 3.88. The molecule has 1 fully saturated rings. The van der Waals surface area contributed by atoms with Gasteiger partial charge in [-0.3, -0.25) is 0 Å². The average Bonchev–Trinajstić information content (AvgIpc) is 2.31. The second kappa shape index (κ2) is 8.13. The molecule has 4 unspecified atom stereocenters. The van der Waals surface area contributed by atoms with Crippen LogP contribution in [0.4, 0.5) is 0 Å². The van der Waals surface area contributed by atoms with Gasteiger partial charge in [-0.25, -0.2) is 0 Å². The zero-order valence-electron chi connectivity index (χ0n) is 12.5. The maximum Gasteiger partial charge on any atom is 0.00977 e. The summed E-state index contributed by atoms with van der Waals surface area (Å²) in [5.74, 6) is 1.77. The second-order valence-electron chi connectivity index (χ2n) is 6.29. The Hall–Kier alpha value is -0.0400. The van der Waals surface area contributed by atoms with Crippen molar-refractivity contribution in [1.82, 2.24) is 5.32 Å². The standard InChI is InChI=1S/C16H33N/c1-5-6-7-8-11-14(3)17-16-12-9-10-13(2)15(16)4/h13-17H,5-12H2,1-4H3. The fourth-order valence-corrected chi connectivity index (χ4v) is 3.14. The topological polar surface area (TPSA) is 12.0 Å². The molecular formula is C16H33N. The van der Waals surface area contributed by atoms with E-state index in [0.29, 0.717) is 6.04 Å². The highest BCUT2D eigenvalue weighted by Crippen LogP contribution is 2.29. The van der Waals surface area contributed by atoms with Crippen LogP contribution in [0.1, 0.15) is 79.1 Å². The summed E-state index contributed by atoms with van der Waals surface area (Å²) in [5, 5.41) is 3.88. The Morgan fingerprint density at radius 1 is 1.12 bits per heavy atom. The van der Waals surface area contributed by atoms with Gasteiger partial charge in [-0.1, -0.05) is 59.3 Å². The van der Waals surface area contributed by atoms with Gasteiger partial charge < -0.3 is 5.32 Å². The van der Waals surface area contributed by atoms with Gasteiger partial charge in [0.05, 0.1) is 0 Å². The minimum Gasteiger partial charge on any atom is -0.311 e. The third-order valence-corrected chi connectivity index (χ3v) is 4.70. The first-order valence-electron chi connectivity index (χ1n) is 7.91. The van der Waals surface area contributed by atoms with Gasteiger partial charge in [0.2, 0.25) is 0 Å². The van der Waals surface area contributed by atoms with Crippen molar-refractivity contribution < 1.29 is 0 Å². The highest BCUT2D eigenvalue weighted by atomic mass is 15.0. The molecule has 1 aliphatic rings. The Morgan fingerprint density at radius 3 is 2.59 bits per heavy atom. The minimum absolute atomic E-state index is 0.713. The summed E-state index contributed by atoms with van der Waals surface area (Å²) in [7, 11) is 0. The normalized spacial score (nSPS) is 31.4. The molecule has 0 spiro atoms. The van der Waals surface area contributed by atoms with Crippen molar-refractivity contribution in [2.45, 2.75) is 91.1 Å². The molecule has 0 aromatic carbocycles. The van der Waals surface area contributed by atoms with Crippen molar-refractivity contribution in [3.63, 3.8) is 0 Å². The van der Waals surface area contributed by atoms with Crippen molar-refractivity contribution in [2.24, 2.45) is 11.8 Å². The van der Waals surface area contributed by atoms with Crippen LogP contribution in [0, 0.1) is 11.8 Å². The van der Waals surface area contributed by atoms with Crippen LogP contribution in [0.5, 0.6) is 0 Å². The van der Waals surface area contributed by atoms with E-state index in [1.807, 2.05) is 0 Å². The third-order valence-electron chi connectivity index (χ3n) is 4.70. The molecule has 0 aromatic heterocycles. The van der Waals surface area contributed by atoms with Crippen molar-refractivity contribution in [2.75, 3.05) is 0 Å². The number of rotatable bonds is 7. The van der Waals surface area contributed by atoms with Crippen LogP contribution >= 0.6 is 0 Å². The predicted molar refractivity (Wildman–Crippen MR) is 77.3 cm³/mol. The Labute approximate surface area is 109 Å². The van der Waals surface area contributed by atoms with Gasteiger partial charge >= 0.3 is 0 Å². The highest BCUT2D eigenvalue weighted by Gasteiger charge is 2.27. The van der Waals surface area contributed by atoms with Crippen LogP contribution in [-0.2, 0) is 0 Å². The summed E-state index contributed by atoms with van der Waals surface area (Å²) < 4.78 is 0. The molecule has 1 N–H and O–H groups in total. The summed E-state index contributed by atoms with van der Waals surface area (Å²) >= 11 is 0. The highest BCUT2D eigenvalue weighted by molar-refractivity contribution is 4.83. The molecule has 1 aliphatic carbocycles. The first-order valence-corrected chi connectivity index (χ1v) is 7.91. The van der Waals surface area contributed by atoms with E-state index >= 15 is 0 Å². The lowest BCUT2D eigenvalue weighted by Crippen LogP contribution is -2.44. The van der Waals surface area contributed by atoms with Crippen LogP contribution in [0.2, 0.25) is 0 Å². The first kappa shape index (κ1) is 15.0. The lowest BCUT2D eigenvalue weighted by Gasteiger charge is -2.36. The maximum absolute atomic E-state index is 3.88. The van der Waals surface area contributed by atoms with Crippen LogP contribution in [0.25, 0.3) is 0 Å². The molecule has 1 heteroatoms. The SMILES string of the molecule is CCCCCCC(C)NC1CCCC(C)C1C. The molecule has 1 nitrogen and oxygen atoms in total. The second-order valence-corrected chi connectivity index (χ2v) is 6.29. The molecule has 1 saturated carbocycles. The molecule has 0 aromatic rings. The van der Waals surface area contributed by atoms with Crippen LogP contribution in [0.3, 0.4) is 0 Å². The fourth-order valence-electron chi connectivity index (χ4n) is 3.14. The third kappa shape index (κ3) is 5.42. The van der Waals surface area contributed by atoms with Gasteiger partial charge in [-0.05, 0) is 31.6 Å². The van der Waals surface area contributed by atoms with Gasteiger partial charge in [0.15, 0.2) is 0 Å². The van der Waals surface area contributed by atoms with Gasteiger partial charge in [0, 0.05) is 12.1 Å². The summed E-state index contributed by atoms with van der Waals surface area (Å²) in [6, 6.07) is 1.49. The largest absolute Gasteiger partial charge is 0.311 e. The summed E-state index contributed by atoms with van der Waals surface area (Å²) in [5.41, 5.74) is 0. The average molecular weight is 239 g/mol. The number of hydrogen-bond donors (Lipinski definition) is 1. The molecule has 0 amide bonds. The molecule has 0 bridgehead atoms. The summed E-state index contributed by atoms with van der Waals surface area (Å²) in [6.07, 6.45) is 11.2. The molecule has 0 heterocycles. The summed E-state index contributed by atoms with van der Waals surface area (Å²) in [4.78, 5) is 0. The number of unbranched alkanes of at least 4 members (excludes halogenated alkanes) is 3. The van der Waals surface area contributed by atoms with Crippen LogP contribution in [0.15, 0.2) is 0 Å². The monoisotopic (exact) mass is 239 g/mol. The van der Waals surface area contributed by atoms with E-state index in [-0.39, 0.29) is 0 Å². The van der Waals surface area contributed by atoms with Gasteiger partial charge in [-0.15, -0.1) is 0 Å². The lowest BCUT2D eigenvalue weighted by molar-refractivity contribution is 0.193. The van der Waals surface area contributed by atoms with Crippen molar-refractivity contribution >= 4 is 0 Å². The predicted octanol–water partition coefficient (Wildman–Crippen LogP) is 4.76. The van der Waals surface area contributed by atoms with Gasteiger partial charge in [0.25, 0.3) is 0 Å². The van der Waals surface area contributed by atoms with E-state index in [1.54, 1.807) is 0 Å². The Bertz CT molecular complexity index is 190.